The Balaban J connectivity index is 2.23. The zero-order chi connectivity index (χ0) is 11.6. The Bertz CT molecular complexity index is 364. The van der Waals surface area contributed by atoms with Crippen molar-refractivity contribution in [1.29, 1.82) is 0 Å². The van der Waals surface area contributed by atoms with E-state index in [1.54, 1.807) is 7.11 Å². The predicted molar refractivity (Wildman–Crippen MR) is 61.1 cm³/mol. The van der Waals surface area contributed by atoms with Crippen LogP contribution in [0.25, 0.3) is 0 Å². The summed E-state index contributed by atoms with van der Waals surface area (Å²) in [4.78, 5) is 0. The summed E-state index contributed by atoms with van der Waals surface area (Å²) in [5, 5.41) is 10.6. The fraction of sp³-hybridized carbons (Fsp3) is 0.538. The molecule has 0 spiro atoms. The van der Waals surface area contributed by atoms with Gasteiger partial charge in [-0.2, -0.15) is 0 Å². The van der Waals surface area contributed by atoms with E-state index in [4.69, 9.17) is 9.47 Å². The van der Waals surface area contributed by atoms with E-state index in [-0.39, 0.29) is 6.29 Å². The summed E-state index contributed by atoms with van der Waals surface area (Å²) in [6.07, 6.45) is 0.808. The molecule has 0 saturated carbocycles. The Morgan fingerprint density at radius 3 is 3.00 bits per heavy atom. The van der Waals surface area contributed by atoms with Crippen LogP contribution in [0.1, 0.15) is 24.0 Å². The maximum atomic E-state index is 10.6. The van der Waals surface area contributed by atoms with Gasteiger partial charge >= 0.3 is 0 Å². The highest BCUT2D eigenvalue weighted by atomic mass is 16.7. The standard InChI is InChI=1S/C13H18O3/c1-10-4-3-5-11(8-10)13(14)6-7-16-12(9-13)15-2/h3-5,8,12,14H,6-7,9H2,1-2H3/t12-,13-/m0/s1. The topological polar surface area (TPSA) is 38.7 Å². The van der Waals surface area contributed by atoms with Crippen LogP contribution in [0.3, 0.4) is 0 Å². The summed E-state index contributed by atoms with van der Waals surface area (Å²) in [7, 11) is 1.60. The molecule has 1 aromatic carbocycles. The third-order valence-corrected chi connectivity index (χ3v) is 3.14. The van der Waals surface area contributed by atoms with Gasteiger partial charge in [0.25, 0.3) is 0 Å². The van der Waals surface area contributed by atoms with Gasteiger partial charge in [0.1, 0.15) is 0 Å². The van der Waals surface area contributed by atoms with Crippen molar-refractivity contribution in [2.45, 2.75) is 31.7 Å². The number of aliphatic hydroxyl groups is 1. The Hall–Kier alpha value is -0.900. The molecule has 0 amide bonds. The Kier molecular flexibility index (Phi) is 3.28. The van der Waals surface area contributed by atoms with Gasteiger partial charge in [0.05, 0.1) is 12.2 Å². The van der Waals surface area contributed by atoms with Crippen molar-refractivity contribution in [1.82, 2.24) is 0 Å². The van der Waals surface area contributed by atoms with Gasteiger partial charge in [-0.3, -0.25) is 0 Å². The zero-order valence-corrected chi connectivity index (χ0v) is 9.77. The highest BCUT2D eigenvalue weighted by Crippen LogP contribution is 2.34. The molecule has 88 valence electrons. The first-order chi connectivity index (χ1) is 7.64. The molecule has 1 heterocycles. The minimum absolute atomic E-state index is 0.306. The maximum absolute atomic E-state index is 10.6. The monoisotopic (exact) mass is 222 g/mol. The molecule has 1 saturated heterocycles. The van der Waals surface area contributed by atoms with Crippen molar-refractivity contribution in [3.8, 4) is 0 Å². The predicted octanol–water partition coefficient (Wildman–Crippen LogP) is 1.97. The molecule has 1 N–H and O–H groups in total. The molecule has 2 rings (SSSR count). The van der Waals surface area contributed by atoms with E-state index in [2.05, 4.69) is 0 Å². The first-order valence-corrected chi connectivity index (χ1v) is 5.58. The van der Waals surface area contributed by atoms with Crippen molar-refractivity contribution in [2.75, 3.05) is 13.7 Å². The van der Waals surface area contributed by atoms with E-state index in [1.807, 2.05) is 31.2 Å². The van der Waals surface area contributed by atoms with Gasteiger partial charge in [0.15, 0.2) is 6.29 Å². The fourth-order valence-corrected chi connectivity index (χ4v) is 2.14. The van der Waals surface area contributed by atoms with Crippen molar-refractivity contribution < 1.29 is 14.6 Å². The van der Waals surface area contributed by atoms with E-state index in [1.165, 1.54) is 0 Å². The quantitative estimate of drug-likeness (QED) is 0.831. The summed E-state index contributed by atoms with van der Waals surface area (Å²) < 4.78 is 10.5. The smallest absolute Gasteiger partial charge is 0.160 e. The summed E-state index contributed by atoms with van der Waals surface area (Å²) in [6, 6.07) is 7.99. The number of ether oxygens (including phenoxy) is 2. The van der Waals surface area contributed by atoms with Crippen molar-refractivity contribution in [3.63, 3.8) is 0 Å². The van der Waals surface area contributed by atoms with Crippen LogP contribution in [-0.4, -0.2) is 25.1 Å². The third-order valence-electron chi connectivity index (χ3n) is 3.14. The van der Waals surface area contributed by atoms with Crippen LogP contribution in [-0.2, 0) is 15.1 Å². The number of hydrogen-bond donors (Lipinski definition) is 1. The van der Waals surface area contributed by atoms with E-state index >= 15 is 0 Å². The Morgan fingerprint density at radius 1 is 1.50 bits per heavy atom. The van der Waals surface area contributed by atoms with Crippen LogP contribution in [0, 0.1) is 6.92 Å². The average molecular weight is 222 g/mol. The largest absolute Gasteiger partial charge is 0.385 e. The average Bonchev–Trinajstić information content (AvgIpc) is 2.29. The fourth-order valence-electron chi connectivity index (χ4n) is 2.14. The van der Waals surface area contributed by atoms with E-state index in [0.717, 1.165) is 11.1 Å². The zero-order valence-electron chi connectivity index (χ0n) is 9.77. The molecule has 3 nitrogen and oxygen atoms in total. The molecule has 1 aliphatic heterocycles. The summed E-state index contributed by atoms with van der Waals surface area (Å²) in [6.45, 7) is 2.56. The SMILES string of the molecule is CO[C@@H]1C[C@](O)(c2cccc(C)c2)CCO1. The first kappa shape index (κ1) is 11.6. The number of benzene rings is 1. The van der Waals surface area contributed by atoms with Gasteiger partial charge in [-0.25, -0.2) is 0 Å². The van der Waals surface area contributed by atoms with Gasteiger partial charge in [-0.15, -0.1) is 0 Å². The summed E-state index contributed by atoms with van der Waals surface area (Å²) >= 11 is 0. The molecule has 1 fully saturated rings. The second kappa shape index (κ2) is 4.53. The maximum Gasteiger partial charge on any atom is 0.160 e. The lowest BCUT2D eigenvalue weighted by Gasteiger charge is -2.36. The molecular formula is C13H18O3. The number of hydrogen-bond acceptors (Lipinski definition) is 3. The Morgan fingerprint density at radius 2 is 2.31 bits per heavy atom. The molecular weight excluding hydrogens is 204 g/mol. The van der Waals surface area contributed by atoms with E-state index in [0.29, 0.717) is 19.4 Å². The number of methoxy groups -OCH3 is 1. The van der Waals surface area contributed by atoms with Crippen molar-refractivity contribution in [3.05, 3.63) is 35.4 Å². The Labute approximate surface area is 96.0 Å². The van der Waals surface area contributed by atoms with Crippen molar-refractivity contribution >= 4 is 0 Å². The summed E-state index contributed by atoms with van der Waals surface area (Å²) in [5.41, 5.74) is 1.30. The highest BCUT2D eigenvalue weighted by molar-refractivity contribution is 5.27. The van der Waals surface area contributed by atoms with Crippen LogP contribution < -0.4 is 0 Å². The minimum atomic E-state index is -0.815. The van der Waals surface area contributed by atoms with Crippen LogP contribution in [0.4, 0.5) is 0 Å². The lowest BCUT2D eigenvalue weighted by atomic mass is 9.85. The van der Waals surface area contributed by atoms with Gasteiger partial charge in [-0.1, -0.05) is 29.8 Å². The van der Waals surface area contributed by atoms with Crippen LogP contribution in [0.2, 0.25) is 0 Å². The van der Waals surface area contributed by atoms with E-state index in [9.17, 15) is 5.11 Å². The summed E-state index contributed by atoms with van der Waals surface area (Å²) in [5.74, 6) is 0. The molecule has 1 aromatic rings. The molecule has 0 unspecified atom stereocenters. The van der Waals surface area contributed by atoms with Crippen LogP contribution >= 0.6 is 0 Å². The second-order valence-corrected chi connectivity index (χ2v) is 4.39. The normalized spacial score (nSPS) is 30.3. The molecule has 3 heteroatoms. The molecule has 1 aliphatic rings. The molecule has 0 bridgehead atoms. The lowest BCUT2D eigenvalue weighted by Crippen LogP contribution is -2.39. The van der Waals surface area contributed by atoms with Gasteiger partial charge < -0.3 is 14.6 Å². The number of rotatable bonds is 2. The molecule has 16 heavy (non-hydrogen) atoms. The first-order valence-electron chi connectivity index (χ1n) is 5.58. The van der Waals surface area contributed by atoms with Crippen LogP contribution in [0.5, 0.6) is 0 Å². The molecule has 0 aliphatic carbocycles. The van der Waals surface area contributed by atoms with Crippen molar-refractivity contribution in [2.24, 2.45) is 0 Å². The third kappa shape index (κ3) is 2.26. The lowest BCUT2D eigenvalue weighted by molar-refractivity contribution is -0.202. The molecule has 0 radical (unpaired) electrons. The molecule has 2 atom stereocenters. The number of aryl methyl sites for hydroxylation is 1. The van der Waals surface area contributed by atoms with Gasteiger partial charge in [-0.05, 0) is 12.5 Å². The van der Waals surface area contributed by atoms with E-state index < -0.39 is 5.60 Å². The van der Waals surface area contributed by atoms with Gasteiger partial charge in [0, 0.05) is 20.0 Å². The molecule has 0 aromatic heterocycles. The second-order valence-electron chi connectivity index (χ2n) is 4.39. The highest BCUT2D eigenvalue weighted by Gasteiger charge is 2.36. The van der Waals surface area contributed by atoms with Crippen LogP contribution in [0.15, 0.2) is 24.3 Å². The minimum Gasteiger partial charge on any atom is -0.385 e. The van der Waals surface area contributed by atoms with Gasteiger partial charge in [0.2, 0.25) is 0 Å².